The zero-order valence-corrected chi connectivity index (χ0v) is 28.3. The molecular formula is C35H65NO6S. The zero-order chi connectivity index (χ0) is 32.0. The molecule has 0 aliphatic rings. The summed E-state index contributed by atoms with van der Waals surface area (Å²) < 4.78 is 32.3. The number of amides is 1. The molecule has 0 spiro atoms. The number of nitrogens with one attached hydrogen (secondary N) is 1. The van der Waals surface area contributed by atoms with E-state index in [9.17, 15) is 28.0 Å². The standard InChI is InChI=1S/C35H65NO6S/c1-3-5-7-9-11-13-15-17-18-20-21-23-25-27-29-33(37)32(31-43(40,41)42)36-35(39)34(38)30-28-26-24-22-19-16-14-12-10-8-6-4-2/h13,15,20-21,27,29,32-34,37-38H,3-12,14,16-19,22-26,28,30-31H2,1-2H3,(H,36,39)(H,40,41,42)/b15-13+,21-20+,29-27+. The molecule has 0 aliphatic heterocycles. The van der Waals surface area contributed by atoms with E-state index in [0.717, 1.165) is 44.9 Å². The highest BCUT2D eigenvalue weighted by atomic mass is 32.2. The summed E-state index contributed by atoms with van der Waals surface area (Å²) in [6.07, 6.45) is 33.4. The van der Waals surface area contributed by atoms with E-state index in [1.165, 1.54) is 83.1 Å². The summed E-state index contributed by atoms with van der Waals surface area (Å²) in [4.78, 5) is 12.5. The Labute approximate surface area is 264 Å². The van der Waals surface area contributed by atoms with Crippen LogP contribution in [0.2, 0.25) is 0 Å². The van der Waals surface area contributed by atoms with Crippen LogP contribution in [0.3, 0.4) is 0 Å². The van der Waals surface area contributed by atoms with Gasteiger partial charge in [-0.1, -0.05) is 147 Å². The Morgan fingerprint density at radius 2 is 1.05 bits per heavy atom. The summed E-state index contributed by atoms with van der Waals surface area (Å²) in [7, 11) is -4.45. The van der Waals surface area contributed by atoms with Crippen molar-refractivity contribution >= 4 is 16.0 Å². The maximum absolute atomic E-state index is 12.5. The van der Waals surface area contributed by atoms with E-state index in [2.05, 4.69) is 43.5 Å². The van der Waals surface area contributed by atoms with Gasteiger partial charge in [0.2, 0.25) is 5.91 Å². The monoisotopic (exact) mass is 627 g/mol. The predicted octanol–water partition coefficient (Wildman–Crippen LogP) is 8.37. The van der Waals surface area contributed by atoms with Crippen LogP contribution in [0.4, 0.5) is 0 Å². The second-order valence-corrected chi connectivity index (χ2v) is 13.4. The molecule has 252 valence electrons. The van der Waals surface area contributed by atoms with Crippen molar-refractivity contribution in [3.8, 4) is 0 Å². The number of carbonyl (C=O) groups is 1. The molecule has 8 heteroatoms. The highest BCUT2D eigenvalue weighted by Crippen LogP contribution is 2.13. The minimum absolute atomic E-state index is 0.273. The third kappa shape index (κ3) is 29.0. The van der Waals surface area contributed by atoms with Crippen LogP contribution in [0.25, 0.3) is 0 Å². The first-order chi connectivity index (χ1) is 20.7. The van der Waals surface area contributed by atoms with Gasteiger partial charge < -0.3 is 15.5 Å². The SMILES string of the molecule is CCCCCC/C=C/CC/C=C/CC/C=C/C(O)C(CS(=O)(=O)O)NC(=O)C(O)CCCCCCCCCCCCCC. The molecule has 3 unspecified atom stereocenters. The van der Waals surface area contributed by atoms with Gasteiger partial charge in [-0.3, -0.25) is 9.35 Å². The van der Waals surface area contributed by atoms with E-state index in [1.807, 2.05) is 0 Å². The smallest absolute Gasteiger partial charge is 0.267 e. The Morgan fingerprint density at radius 1 is 0.628 bits per heavy atom. The third-order valence-electron chi connectivity index (χ3n) is 7.65. The van der Waals surface area contributed by atoms with Crippen molar-refractivity contribution in [3.05, 3.63) is 36.5 Å². The lowest BCUT2D eigenvalue weighted by Gasteiger charge is -2.22. The Bertz CT molecular complexity index is 839. The maximum Gasteiger partial charge on any atom is 0.267 e. The maximum atomic E-state index is 12.5. The molecule has 0 aromatic rings. The van der Waals surface area contributed by atoms with Crippen LogP contribution in [0.1, 0.15) is 155 Å². The van der Waals surface area contributed by atoms with Crippen molar-refractivity contribution in [3.63, 3.8) is 0 Å². The lowest BCUT2D eigenvalue weighted by Crippen LogP contribution is -2.50. The molecule has 0 fully saturated rings. The molecule has 0 heterocycles. The molecular weight excluding hydrogens is 562 g/mol. The summed E-state index contributed by atoms with van der Waals surface area (Å²) >= 11 is 0. The average molecular weight is 628 g/mol. The molecule has 0 radical (unpaired) electrons. The molecule has 0 saturated heterocycles. The highest BCUT2D eigenvalue weighted by molar-refractivity contribution is 7.85. The van der Waals surface area contributed by atoms with E-state index < -0.39 is 40.0 Å². The van der Waals surface area contributed by atoms with Crippen molar-refractivity contribution < 1.29 is 28.0 Å². The molecule has 0 aromatic heterocycles. The van der Waals surface area contributed by atoms with Crippen LogP contribution in [0, 0.1) is 0 Å². The molecule has 7 nitrogen and oxygen atoms in total. The van der Waals surface area contributed by atoms with Gasteiger partial charge in [0.15, 0.2) is 0 Å². The van der Waals surface area contributed by atoms with Crippen molar-refractivity contribution in [1.29, 1.82) is 0 Å². The van der Waals surface area contributed by atoms with Crippen molar-refractivity contribution in [2.24, 2.45) is 0 Å². The van der Waals surface area contributed by atoms with Gasteiger partial charge in [0, 0.05) is 0 Å². The second kappa shape index (κ2) is 29.2. The first-order valence-electron chi connectivity index (χ1n) is 17.3. The Morgan fingerprint density at radius 3 is 1.53 bits per heavy atom. The number of allylic oxidation sites excluding steroid dienone is 5. The van der Waals surface area contributed by atoms with Crippen molar-refractivity contribution in [1.82, 2.24) is 5.32 Å². The number of rotatable bonds is 30. The fourth-order valence-corrected chi connectivity index (χ4v) is 5.69. The van der Waals surface area contributed by atoms with Gasteiger partial charge in [0.1, 0.15) is 6.10 Å². The topological polar surface area (TPSA) is 124 Å². The minimum Gasteiger partial charge on any atom is -0.387 e. The Balaban J connectivity index is 4.26. The van der Waals surface area contributed by atoms with E-state index in [-0.39, 0.29) is 6.42 Å². The first-order valence-corrected chi connectivity index (χ1v) is 18.9. The lowest BCUT2D eigenvalue weighted by molar-refractivity contribution is -0.130. The molecule has 0 bridgehead atoms. The normalized spacial score (nSPS) is 14.6. The van der Waals surface area contributed by atoms with Crippen molar-refractivity contribution in [2.45, 2.75) is 173 Å². The number of aliphatic hydroxyl groups is 2. The van der Waals surface area contributed by atoms with E-state index in [1.54, 1.807) is 6.08 Å². The molecule has 0 saturated carbocycles. The van der Waals surface area contributed by atoms with Gasteiger partial charge in [-0.05, 0) is 44.9 Å². The van der Waals surface area contributed by atoms with Gasteiger partial charge in [0.25, 0.3) is 10.1 Å². The summed E-state index contributed by atoms with van der Waals surface area (Å²) in [5.41, 5.74) is 0. The average Bonchev–Trinajstić information content (AvgIpc) is 2.96. The minimum atomic E-state index is -4.45. The predicted molar refractivity (Wildman–Crippen MR) is 181 cm³/mol. The summed E-state index contributed by atoms with van der Waals surface area (Å²) in [6.45, 7) is 4.45. The summed E-state index contributed by atoms with van der Waals surface area (Å²) in [5, 5.41) is 23.2. The van der Waals surface area contributed by atoms with Gasteiger partial charge in [0.05, 0.1) is 17.9 Å². The van der Waals surface area contributed by atoms with Crippen LogP contribution < -0.4 is 5.32 Å². The van der Waals surface area contributed by atoms with E-state index >= 15 is 0 Å². The highest BCUT2D eigenvalue weighted by Gasteiger charge is 2.27. The van der Waals surface area contributed by atoms with Crippen LogP contribution in [0.5, 0.6) is 0 Å². The second-order valence-electron chi connectivity index (χ2n) is 11.9. The molecule has 43 heavy (non-hydrogen) atoms. The molecule has 0 aliphatic carbocycles. The van der Waals surface area contributed by atoms with Crippen LogP contribution in [-0.4, -0.2) is 53.1 Å². The molecule has 4 N–H and O–H groups in total. The van der Waals surface area contributed by atoms with Gasteiger partial charge in [-0.2, -0.15) is 8.42 Å². The third-order valence-corrected chi connectivity index (χ3v) is 8.44. The van der Waals surface area contributed by atoms with Crippen molar-refractivity contribution in [2.75, 3.05) is 5.75 Å². The summed E-state index contributed by atoms with van der Waals surface area (Å²) in [6, 6.07) is -1.25. The van der Waals surface area contributed by atoms with Gasteiger partial charge in [-0.15, -0.1) is 0 Å². The fraction of sp³-hybridized carbons (Fsp3) is 0.800. The molecule has 3 atom stereocenters. The van der Waals surface area contributed by atoms with Gasteiger partial charge in [-0.25, -0.2) is 0 Å². The largest absolute Gasteiger partial charge is 0.387 e. The first kappa shape index (κ1) is 41.5. The summed E-state index contributed by atoms with van der Waals surface area (Å²) in [5.74, 6) is -1.57. The lowest BCUT2D eigenvalue weighted by atomic mass is 10.0. The van der Waals surface area contributed by atoms with Crippen LogP contribution in [0.15, 0.2) is 36.5 Å². The van der Waals surface area contributed by atoms with Gasteiger partial charge >= 0.3 is 0 Å². The number of hydrogen-bond acceptors (Lipinski definition) is 5. The van der Waals surface area contributed by atoms with Crippen LogP contribution in [-0.2, 0) is 14.9 Å². The fourth-order valence-electron chi connectivity index (χ4n) is 4.96. The number of hydrogen-bond donors (Lipinski definition) is 4. The Hall–Kier alpha value is -1.48. The van der Waals surface area contributed by atoms with Crippen LogP contribution >= 0.6 is 0 Å². The number of carbonyl (C=O) groups excluding carboxylic acids is 1. The Kier molecular flexibility index (Phi) is 28.2. The quantitative estimate of drug-likeness (QED) is 0.0360. The van der Waals surface area contributed by atoms with E-state index in [4.69, 9.17) is 0 Å². The van der Waals surface area contributed by atoms with E-state index in [0.29, 0.717) is 12.8 Å². The molecule has 0 rings (SSSR count). The zero-order valence-electron chi connectivity index (χ0n) is 27.4. The number of aliphatic hydroxyl groups excluding tert-OH is 2. The number of unbranched alkanes of at least 4 members (excludes halogenated alkanes) is 17. The molecule has 0 aromatic carbocycles. The molecule has 1 amide bonds.